The Kier molecular flexibility index (Phi) is 3.68. The topological polar surface area (TPSA) is 66.6 Å². The van der Waals surface area contributed by atoms with Gasteiger partial charge in [-0.3, -0.25) is 5.10 Å². The maximum Gasteiger partial charge on any atom is 0.181 e. The molecular formula is C22H16N4O. The summed E-state index contributed by atoms with van der Waals surface area (Å²) in [6.45, 7) is 0. The van der Waals surface area contributed by atoms with E-state index in [0.717, 1.165) is 39.4 Å². The van der Waals surface area contributed by atoms with Crippen LogP contribution < -0.4 is 4.74 Å². The Morgan fingerprint density at radius 3 is 2.56 bits per heavy atom. The van der Waals surface area contributed by atoms with Crippen molar-refractivity contribution in [2.75, 3.05) is 0 Å². The largest absolute Gasteiger partial charge is 0.457 e. The van der Waals surface area contributed by atoms with E-state index in [4.69, 9.17) is 4.74 Å². The van der Waals surface area contributed by atoms with Crippen LogP contribution in [0, 0.1) is 0 Å². The summed E-state index contributed by atoms with van der Waals surface area (Å²) in [7, 11) is 0. The number of para-hydroxylation sites is 2. The SMILES string of the molecule is c1ccc(Oc2ccccc2-c2cnc3n[nH]c(-c4ccc[nH]4)c3c2)cc1. The Bertz CT molecular complexity index is 1190. The first-order valence-corrected chi connectivity index (χ1v) is 8.69. The summed E-state index contributed by atoms with van der Waals surface area (Å²) in [6, 6.07) is 23.8. The summed E-state index contributed by atoms with van der Waals surface area (Å²) in [6.07, 6.45) is 3.72. The fourth-order valence-electron chi connectivity index (χ4n) is 3.15. The van der Waals surface area contributed by atoms with Crippen LogP contribution in [0.2, 0.25) is 0 Å². The van der Waals surface area contributed by atoms with E-state index in [9.17, 15) is 0 Å². The number of nitrogens with one attached hydrogen (secondary N) is 2. The first kappa shape index (κ1) is 15.4. The molecule has 0 saturated heterocycles. The van der Waals surface area contributed by atoms with Gasteiger partial charge in [0.25, 0.3) is 0 Å². The Morgan fingerprint density at radius 2 is 1.70 bits per heavy atom. The van der Waals surface area contributed by atoms with Gasteiger partial charge in [0.2, 0.25) is 0 Å². The molecule has 5 heteroatoms. The van der Waals surface area contributed by atoms with E-state index in [1.165, 1.54) is 0 Å². The minimum absolute atomic E-state index is 0.685. The number of hydrogen-bond donors (Lipinski definition) is 2. The summed E-state index contributed by atoms with van der Waals surface area (Å²) in [5, 5.41) is 8.35. The molecule has 2 N–H and O–H groups in total. The summed E-state index contributed by atoms with van der Waals surface area (Å²) >= 11 is 0. The number of pyridine rings is 1. The number of H-pyrrole nitrogens is 2. The molecule has 0 spiro atoms. The summed E-state index contributed by atoms with van der Waals surface area (Å²) in [5.41, 5.74) is 4.54. The Morgan fingerprint density at radius 1 is 0.852 bits per heavy atom. The highest BCUT2D eigenvalue weighted by Crippen LogP contribution is 2.35. The molecular weight excluding hydrogens is 336 g/mol. The molecule has 0 fully saturated rings. The first-order chi connectivity index (χ1) is 13.4. The summed E-state index contributed by atoms with van der Waals surface area (Å²) < 4.78 is 6.10. The standard InChI is InChI=1S/C22H16N4O/c1-2-7-16(8-3-1)27-20-11-5-4-9-17(20)15-13-18-21(19-10-6-12-23-19)25-26-22(18)24-14-15/h1-14,23H,(H,24,25,26). The normalized spacial score (nSPS) is 11.0. The highest BCUT2D eigenvalue weighted by atomic mass is 16.5. The third-order valence-corrected chi connectivity index (χ3v) is 4.45. The average Bonchev–Trinajstić information content (AvgIpc) is 3.38. The molecule has 3 heterocycles. The van der Waals surface area contributed by atoms with E-state index < -0.39 is 0 Å². The highest BCUT2D eigenvalue weighted by Gasteiger charge is 2.13. The molecule has 2 aromatic carbocycles. The maximum atomic E-state index is 6.10. The van der Waals surface area contributed by atoms with Crippen molar-refractivity contribution in [2.45, 2.75) is 0 Å². The molecule has 0 aliphatic heterocycles. The van der Waals surface area contributed by atoms with Crippen LogP contribution in [-0.4, -0.2) is 20.2 Å². The van der Waals surface area contributed by atoms with Gasteiger partial charge in [-0.1, -0.05) is 36.4 Å². The molecule has 0 amide bonds. The van der Waals surface area contributed by atoms with Crippen molar-refractivity contribution in [1.82, 2.24) is 20.2 Å². The van der Waals surface area contributed by atoms with E-state index >= 15 is 0 Å². The van der Waals surface area contributed by atoms with E-state index in [-0.39, 0.29) is 0 Å². The van der Waals surface area contributed by atoms with E-state index in [2.05, 4.69) is 26.2 Å². The predicted octanol–water partition coefficient (Wildman–Crippen LogP) is 5.41. The second-order valence-corrected chi connectivity index (χ2v) is 6.19. The molecule has 5 aromatic rings. The van der Waals surface area contributed by atoms with Gasteiger partial charge in [-0.15, -0.1) is 0 Å². The van der Waals surface area contributed by atoms with E-state index in [0.29, 0.717) is 5.65 Å². The van der Waals surface area contributed by atoms with E-state index in [1.807, 2.05) is 79.1 Å². The van der Waals surface area contributed by atoms with Crippen LogP contribution in [0.15, 0.2) is 85.2 Å². The second-order valence-electron chi connectivity index (χ2n) is 6.19. The monoisotopic (exact) mass is 352 g/mol. The summed E-state index contributed by atoms with van der Waals surface area (Å²) in [5.74, 6) is 1.59. The molecule has 27 heavy (non-hydrogen) atoms. The molecule has 0 aliphatic rings. The van der Waals surface area contributed by atoms with Gasteiger partial charge in [-0.25, -0.2) is 4.98 Å². The van der Waals surface area contributed by atoms with Gasteiger partial charge in [0.15, 0.2) is 5.65 Å². The van der Waals surface area contributed by atoms with E-state index in [1.54, 1.807) is 0 Å². The minimum atomic E-state index is 0.685. The number of nitrogens with zero attached hydrogens (tertiary/aromatic N) is 2. The average molecular weight is 352 g/mol. The molecule has 0 aliphatic carbocycles. The van der Waals surface area contributed by atoms with Crippen LogP contribution in [-0.2, 0) is 0 Å². The van der Waals surface area contributed by atoms with Gasteiger partial charge in [-0.05, 0) is 36.4 Å². The Hall–Kier alpha value is -3.86. The van der Waals surface area contributed by atoms with Crippen LogP contribution >= 0.6 is 0 Å². The van der Waals surface area contributed by atoms with Crippen LogP contribution in [0.25, 0.3) is 33.5 Å². The lowest BCUT2D eigenvalue weighted by atomic mass is 10.0. The van der Waals surface area contributed by atoms with Crippen LogP contribution in [0.5, 0.6) is 11.5 Å². The zero-order valence-corrected chi connectivity index (χ0v) is 14.4. The van der Waals surface area contributed by atoms with Crippen molar-refractivity contribution >= 4 is 11.0 Å². The lowest BCUT2D eigenvalue weighted by Gasteiger charge is -2.11. The third-order valence-electron chi connectivity index (χ3n) is 4.45. The smallest absolute Gasteiger partial charge is 0.181 e. The van der Waals surface area contributed by atoms with Gasteiger partial charge in [0.05, 0.1) is 11.4 Å². The molecule has 5 rings (SSSR count). The third kappa shape index (κ3) is 2.85. The number of benzene rings is 2. The fourth-order valence-corrected chi connectivity index (χ4v) is 3.15. The van der Waals surface area contributed by atoms with Crippen LogP contribution in [0.3, 0.4) is 0 Å². The number of aromatic nitrogens is 4. The molecule has 5 nitrogen and oxygen atoms in total. The Balaban J connectivity index is 1.61. The molecule has 0 unspecified atom stereocenters. The maximum absolute atomic E-state index is 6.10. The number of hydrogen-bond acceptors (Lipinski definition) is 3. The molecule has 0 radical (unpaired) electrons. The van der Waals surface area contributed by atoms with Crippen LogP contribution in [0.4, 0.5) is 0 Å². The molecule has 3 aromatic heterocycles. The number of aromatic amines is 2. The highest BCUT2D eigenvalue weighted by molar-refractivity contribution is 5.93. The number of fused-ring (bicyclic) bond motifs is 1. The summed E-state index contributed by atoms with van der Waals surface area (Å²) in [4.78, 5) is 7.74. The van der Waals surface area contributed by atoms with Crippen molar-refractivity contribution in [3.05, 3.63) is 85.2 Å². The van der Waals surface area contributed by atoms with Crippen LogP contribution in [0.1, 0.15) is 0 Å². The Labute approximate surface area is 155 Å². The van der Waals surface area contributed by atoms with Crippen molar-refractivity contribution in [3.63, 3.8) is 0 Å². The van der Waals surface area contributed by atoms with Crippen molar-refractivity contribution < 1.29 is 4.74 Å². The fraction of sp³-hybridized carbons (Fsp3) is 0. The van der Waals surface area contributed by atoms with Crippen molar-refractivity contribution in [3.8, 4) is 34.0 Å². The predicted molar refractivity (Wildman–Crippen MR) is 106 cm³/mol. The molecule has 0 atom stereocenters. The zero-order chi connectivity index (χ0) is 18.1. The lowest BCUT2D eigenvalue weighted by Crippen LogP contribution is -1.89. The second kappa shape index (κ2) is 6.46. The lowest BCUT2D eigenvalue weighted by molar-refractivity contribution is 0.484. The van der Waals surface area contributed by atoms with Crippen molar-refractivity contribution in [2.24, 2.45) is 0 Å². The first-order valence-electron chi connectivity index (χ1n) is 8.69. The quantitative estimate of drug-likeness (QED) is 0.454. The van der Waals surface area contributed by atoms with Gasteiger partial charge < -0.3 is 9.72 Å². The number of rotatable bonds is 4. The minimum Gasteiger partial charge on any atom is -0.457 e. The van der Waals surface area contributed by atoms with Gasteiger partial charge in [0.1, 0.15) is 11.5 Å². The van der Waals surface area contributed by atoms with Crippen molar-refractivity contribution in [1.29, 1.82) is 0 Å². The van der Waals surface area contributed by atoms with Gasteiger partial charge in [-0.2, -0.15) is 5.10 Å². The zero-order valence-electron chi connectivity index (χ0n) is 14.4. The molecule has 0 bridgehead atoms. The molecule has 130 valence electrons. The van der Waals surface area contributed by atoms with Gasteiger partial charge in [0, 0.05) is 28.9 Å². The molecule has 0 saturated carbocycles. The number of ether oxygens (including phenoxy) is 1. The van der Waals surface area contributed by atoms with Gasteiger partial charge >= 0.3 is 0 Å².